The number of alkyl carbamates (subject to hydrolysis) is 1. The monoisotopic (exact) mass is 551 g/mol. The lowest BCUT2D eigenvalue weighted by molar-refractivity contribution is -0.129. The highest BCUT2D eigenvalue weighted by Gasteiger charge is 2.23. The van der Waals surface area contributed by atoms with E-state index in [1.165, 1.54) is 6.42 Å². The lowest BCUT2D eigenvalue weighted by Crippen LogP contribution is -2.53. The van der Waals surface area contributed by atoms with E-state index < -0.39 is 23.8 Å². The predicted octanol–water partition coefficient (Wildman–Crippen LogP) is 7.07. The van der Waals surface area contributed by atoms with Crippen LogP contribution in [0.1, 0.15) is 137 Å². The van der Waals surface area contributed by atoms with Gasteiger partial charge in [0.05, 0.1) is 6.04 Å². The van der Waals surface area contributed by atoms with E-state index >= 15 is 0 Å². The van der Waals surface area contributed by atoms with Gasteiger partial charge in [0.2, 0.25) is 11.8 Å². The molecule has 0 radical (unpaired) electrons. The van der Waals surface area contributed by atoms with Crippen LogP contribution in [0.4, 0.5) is 4.79 Å². The molecule has 0 aliphatic carbocycles. The number of hydrogen-bond donors (Lipinski definition) is 4. The summed E-state index contributed by atoms with van der Waals surface area (Å²) < 4.78 is 5.30. The Balaban J connectivity index is -0.000000203. The number of nitrogens with one attached hydrogen (secondary N) is 4. The van der Waals surface area contributed by atoms with Gasteiger partial charge < -0.3 is 26.0 Å². The molecular formula is C30H70N4O4. The highest BCUT2D eigenvalue weighted by atomic mass is 16.6. The van der Waals surface area contributed by atoms with Gasteiger partial charge in [-0.1, -0.05) is 89.5 Å². The summed E-state index contributed by atoms with van der Waals surface area (Å²) >= 11 is 0. The molecule has 0 saturated heterocycles. The van der Waals surface area contributed by atoms with E-state index in [1.54, 1.807) is 13.8 Å². The van der Waals surface area contributed by atoms with Gasteiger partial charge in [-0.15, -0.1) is 0 Å². The molecule has 0 spiro atoms. The van der Waals surface area contributed by atoms with Crippen molar-refractivity contribution in [1.82, 2.24) is 21.3 Å². The average molecular weight is 551 g/mol. The zero-order valence-corrected chi connectivity index (χ0v) is 28.8. The molecule has 0 rings (SSSR count). The largest absolute Gasteiger partial charge is 0.444 e. The third-order valence-electron chi connectivity index (χ3n) is 3.64. The van der Waals surface area contributed by atoms with Gasteiger partial charge in [-0.2, -0.15) is 0 Å². The first-order valence-electron chi connectivity index (χ1n) is 15.1. The number of ether oxygens (including phenoxy) is 1. The van der Waals surface area contributed by atoms with E-state index in [2.05, 4.69) is 49.0 Å². The SMILES string of the molecule is CC.CC.CC.CC.CCC.CCNC(=O)C(C)NC(=O)C(C)NCC(CC(C)C)NC(=O)OC(C)(C)C. The van der Waals surface area contributed by atoms with Gasteiger partial charge in [0.15, 0.2) is 0 Å². The summed E-state index contributed by atoms with van der Waals surface area (Å²) in [5, 5.41) is 11.3. The van der Waals surface area contributed by atoms with E-state index in [-0.39, 0.29) is 17.9 Å². The molecule has 0 heterocycles. The summed E-state index contributed by atoms with van der Waals surface area (Å²) in [4.78, 5) is 36.0. The van der Waals surface area contributed by atoms with Gasteiger partial charge >= 0.3 is 6.09 Å². The molecule has 3 atom stereocenters. The molecule has 0 aromatic rings. The van der Waals surface area contributed by atoms with Crippen LogP contribution in [0.5, 0.6) is 0 Å². The molecule has 0 saturated carbocycles. The molecule has 3 amide bonds. The van der Waals surface area contributed by atoms with Crippen LogP contribution in [-0.2, 0) is 14.3 Å². The van der Waals surface area contributed by atoms with Crippen molar-refractivity contribution >= 4 is 17.9 Å². The molecule has 8 nitrogen and oxygen atoms in total. The topological polar surface area (TPSA) is 109 Å². The van der Waals surface area contributed by atoms with E-state index in [9.17, 15) is 14.4 Å². The summed E-state index contributed by atoms with van der Waals surface area (Å²) in [7, 11) is 0. The Morgan fingerprint density at radius 2 is 1.13 bits per heavy atom. The third kappa shape index (κ3) is 38.7. The van der Waals surface area contributed by atoms with E-state index in [0.29, 0.717) is 19.0 Å². The molecule has 8 heteroatoms. The molecule has 0 bridgehead atoms. The van der Waals surface area contributed by atoms with E-state index in [0.717, 1.165) is 6.42 Å². The highest BCUT2D eigenvalue weighted by Crippen LogP contribution is 2.09. The second-order valence-corrected chi connectivity index (χ2v) is 8.93. The van der Waals surface area contributed by atoms with Crippen molar-refractivity contribution in [3.8, 4) is 0 Å². The van der Waals surface area contributed by atoms with Crippen molar-refractivity contribution in [2.24, 2.45) is 5.92 Å². The van der Waals surface area contributed by atoms with Crippen LogP contribution < -0.4 is 21.3 Å². The molecule has 4 N–H and O–H groups in total. The summed E-state index contributed by atoms with van der Waals surface area (Å²) in [6.45, 7) is 35.9. The minimum Gasteiger partial charge on any atom is -0.444 e. The molecule has 234 valence electrons. The third-order valence-corrected chi connectivity index (χ3v) is 3.64. The summed E-state index contributed by atoms with van der Waals surface area (Å²) in [6.07, 6.45) is 1.52. The molecular weight excluding hydrogens is 480 g/mol. The molecule has 0 aromatic heterocycles. The molecule has 0 aliphatic heterocycles. The number of carbonyl (C=O) groups is 3. The Hall–Kier alpha value is -1.83. The van der Waals surface area contributed by atoms with Gasteiger partial charge in [0.1, 0.15) is 11.6 Å². The fourth-order valence-electron chi connectivity index (χ4n) is 2.38. The number of hydrogen-bond acceptors (Lipinski definition) is 5. The van der Waals surface area contributed by atoms with Crippen LogP contribution in [-0.4, -0.2) is 54.7 Å². The van der Waals surface area contributed by atoms with Gasteiger partial charge in [0, 0.05) is 19.1 Å². The van der Waals surface area contributed by atoms with Crippen molar-refractivity contribution in [1.29, 1.82) is 0 Å². The Morgan fingerprint density at radius 3 is 1.47 bits per heavy atom. The average Bonchev–Trinajstić information content (AvgIpc) is 2.86. The minimum absolute atomic E-state index is 0.170. The fourth-order valence-corrected chi connectivity index (χ4v) is 2.38. The molecule has 0 aromatic carbocycles. The van der Waals surface area contributed by atoms with Crippen molar-refractivity contribution in [2.45, 2.75) is 161 Å². The van der Waals surface area contributed by atoms with E-state index in [4.69, 9.17) is 4.74 Å². The summed E-state index contributed by atoms with van der Waals surface area (Å²) in [6, 6.07) is -1.28. The van der Waals surface area contributed by atoms with Gasteiger partial charge in [-0.25, -0.2) is 4.79 Å². The zero-order chi connectivity index (χ0) is 31.9. The number of likely N-dealkylation sites (N-methyl/N-ethyl adjacent to an activating group) is 1. The Morgan fingerprint density at radius 1 is 0.711 bits per heavy atom. The van der Waals surface area contributed by atoms with Crippen molar-refractivity contribution in [3.63, 3.8) is 0 Å². The van der Waals surface area contributed by atoms with Crippen LogP contribution in [0, 0.1) is 5.92 Å². The van der Waals surface area contributed by atoms with E-state index in [1.807, 2.05) is 83.1 Å². The first kappa shape index (κ1) is 49.2. The highest BCUT2D eigenvalue weighted by molar-refractivity contribution is 5.89. The number of amides is 3. The first-order valence-corrected chi connectivity index (χ1v) is 15.1. The fraction of sp³-hybridized carbons (Fsp3) is 0.900. The predicted molar refractivity (Wildman–Crippen MR) is 168 cm³/mol. The zero-order valence-electron chi connectivity index (χ0n) is 28.8. The summed E-state index contributed by atoms with van der Waals surface area (Å²) in [5.74, 6) is -0.120. The van der Waals surface area contributed by atoms with Crippen LogP contribution in [0.25, 0.3) is 0 Å². The Kier molecular flexibility index (Phi) is 45.5. The number of rotatable bonds is 10. The molecule has 38 heavy (non-hydrogen) atoms. The van der Waals surface area contributed by atoms with Crippen molar-refractivity contribution < 1.29 is 19.1 Å². The Bertz CT molecular complexity index is 507. The normalized spacial score (nSPS) is 11.7. The quantitative estimate of drug-likeness (QED) is 0.233. The molecule has 3 unspecified atom stereocenters. The van der Waals surface area contributed by atoms with Crippen molar-refractivity contribution in [2.75, 3.05) is 13.1 Å². The van der Waals surface area contributed by atoms with Crippen LogP contribution in [0.3, 0.4) is 0 Å². The lowest BCUT2D eigenvalue weighted by Gasteiger charge is -2.26. The van der Waals surface area contributed by atoms with Gasteiger partial charge in [-0.3, -0.25) is 9.59 Å². The minimum atomic E-state index is -0.604. The maximum atomic E-state index is 12.2. The second kappa shape index (κ2) is 35.2. The summed E-state index contributed by atoms with van der Waals surface area (Å²) in [5.41, 5.74) is -0.567. The second-order valence-electron chi connectivity index (χ2n) is 8.93. The lowest BCUT2D eigenvalue weighted by atomic mass is 10.0. The van der Waals surface area contributed by atoms with Crippen LogP contribution in [0.2, 0.25) is 0 Å². The molecule has 0 fully saturated rings. The first-order chi connectivity index (χ1) is 17.8. The van der Waals surface area contributed by atoms with Crippen LogP contribution in [0.15, 0.2) is 0 Å². The van der Waals surface area contributed by atoms with Gasteiger partial charge in [-0.05, 0) is 53.9 Å². The van der Waals surface area contributed by atoms with Crippen LogP contribution >= 0.6 is 0 Å². The van der Waals surface area contributed by atoms with Crippen molar-refractivity contribution in [3.05, 3.63) is 0 Å². The maximum Gasteiger partial charge on any atom is 0.407 e. The smallest absolute Gasteiger partial charge is 0.407 e. The van der Waals surface area contributed by atoms with Gasteiger partial charge in [0.25, 0.3) is 0 Å². The molecule has 0 aliphatic rings. The standard InChI is InChI=1S/C19H38N4O4.C3H8.4C2H6/c1-9-20-16(24)14(5)22-17(25)13(4)21-11-15(10-12(2)3)23-18(26)27-19(6,7)8;1-3-2;4*1-2/h12-15,21H,9-11H2,1-8H3,(H,20,24)(H,22,25)(H,23,26);3H2,1-2H3;4*1-2H3. The maximum absolute atomic E-state index is 12.2. The number of carbonyl (C=O) groups excluding carboxylic acids is 3. The Labute approximate surface area is 238 Å².